The van der Waals surface area contributed by atoms with Crippen LogP contribution in [0.1, 0.15) is 13.3 Å². The fourth-order valence-electron chi connectivity index (χ4n) is 2.72. The predicted molar refractivity (Wildman–Crippen MR) is 106 cm³/mol. The maximum atomic E-state index is 12.2. The molecule has 1 aliphatic heterocycles. The smallest absolute Gasteiger partial charge is 0.226 e. The number of anilines is 1. The van der Waals surface area contributed by atoms with E-state index >= 15 is 0 Å². The Labute approximate surface area is 166 Å². The zero-order valence-electron chi connectivity index (χ0n) is 15.1. The molecule has 7 nitrogen and oxygen atoms in total. The third kappa shape index (κ3) is 5.61. The van der Waals surface area contributed by atoms with Crippen LogP contribution in [0.15, 0.2) is 39.6 Å². The van der Waals surface area contributed by atoms with E-state index < -0.39 is 0 Å². The fourth-order valence-corrected chi connectivity index (χ4v) is 4.46. The summed E-state index contributed by atoms with van der Waals surface area (Å²) < 4.78 is 6.72. The molecule has 1 aliphatic rings. The molecule has 0 radical (unpaired) electrons. The summed E-state index contributed by atoms with van der Waals surface area (Å²) in [6.07, 6.45) is 2.09. The molecule has 2 N–H and O–H groups in total. The summed E-state index contributed by atoms with van der Waals surface area (Å²) in [7, 11) is 0. The second-order valence-corrected chi connectivity index (χ2v) is 8.51. The number of benzene rings is 1. The van der Waals surface area contributed by atoms with Crippen molar-refractivity contribution in [3.8, 4) is 5.75 Å². The first-order valence-electron chi connectivity index (χ1n) is 8.66. The van der Waals surface area contributed by atoms with Crippen LogP contribution in [0.3, 0.4) is 0 Å². The zero-order chi connectivity index (χ0) is 19.2. The van der Waals surface area contributed by atoms with Crippen molar-refractivity contribution < 1.29 is 14.3 Å². The van der Waals surface area contributed by atoms with Crippen LogP contribution in [0.25, 0.3) is 0 Å². The van der Waals surface area contributed by atoms with Gasteiger partial charge in [0.1, 0.15) is 5.75 Å². The second kappa shape index (κ2) is 9.09. The van der Waals surface area contributed by atoms with Gasteiger partial charge in [-0.2, -0.15) is 0 Å². The van der Waals surface area contributed by atoms with Crippen LogP contribution in [0.4, 0.5) is 5.13 Å². The van der Waals surface area contributed by atoms with Crippen molar-refractivity contribution in [1.29, 1.82) is 0 Å². The van der Waals surface area contributed by atoms with Gasteiger partial charge >= 0.3 is 0 Å². The topological polar surface area (TPSA) is 88.8 Å². The molecule has 2 aromatic rings. The lowest BCUT2D eigenvalue weighted by molar-refractivity contribution is -0.138. The van der Waals surface area contributed by atoms with Crippen LogP contribution in [0.5, 0.6) is 5.75 Å². The van der Waals surface area contributed by atoms with E-state index in [1.807, 2.05) is 24.3 Å². The summed E-state index contributed by atoms with van der Waals surface area (Å²) >= 11 is 3.05. The molecule has 1 saturated heterocycles. The van der Waals surface area contributed by atoms with Crippen molar-refractivity contribution in [3.63, 3.8) is 0 Å². The largest absolute Gasteiger partial charge is 0.493 e. The number of ether oxygens (including phenoxy) is 1. The fraction of sp³-hybridized carbons (Fsp3) is 0.389. The minimum absolute atomic E-state index is 0.0610. The van der Waals surface area contributed by atoms with E-state index in [1.165, 1.54) is 11.3 Å². The molecule has 2 heterocycles. The lowest BCUT2D eigenvalue weighted by Crippen LogP contribution is -2.50. The number of nitrogen functional groups attached to an aromatic ring is 1. The predicted octanol–water partition coefficient (Wildman–Crippen LogP) is 2.34. The average Bonchev–Trinajstić information content (AvgIpc) is 3.08. The molecule has 0 aliphatic carbocycles. The molecular formula is C18H22N4O3S2. The number of hydrogen-bond acceptors (Lipinski definition) is 7. The van der Waals surface area contributed by atoms with Gasteiger partial charge in [-0.25, -0.2) is 4.98 Å². The molecule has 9 heteroatoms. The molecule has 2 amide bonds. The second-order valence-electron chi connectivity index (χ2n) is 6.08. The minimum atomic E-state index is 0.0610. The summed E-state index contributed by atoms with van der Waals surface area (Å²) in [4.78, 5) is 32.2. The first kappa shape index (κ1) is 19.5. The number of nitrogens with zero attached hydrogens (tertiary/aromatic N) is 3. The molecule has 1 fully saturated rings. The standard InChI is InChI=1S/C18H22N4O3S2/c1-13(23)21-7-9-22(10-8-21)16(24)6-11-25-14-2-4-15(5-3-14)26-17-12-20-18(19)27-17/h2-5,12H,6-11H2,1H3,(H2,19,20). The Hall–Kier alpha value is -2.26. The van der Waals surface area contributed by atoms with Crippen LogP contribution in [0, 0.1) is 0 Å². The van der Waals surface area contributed by atoms with Gasteiger partial charge in [0, 0.05) is 38.0 Å². The molecule has 0 unspecified atom stereocenters. The van der Waals surface area contributed by atoms with Crippen molar-refractivity contribution in [3.05, 3.63) is 30.5 Å². The lowest BCUT2D eigenvalue weighted by atomic mass is 10.3. The van der Waals surface area contributed by atoms with Crippen molar-refractivity contribution in [2.75, 3.05) is 38.5 Å². The number of carbonyl (C=O) groups is 2. The van der Waals surface area contributed by atoms with Crippen molar-refractivity contribution in [2.24, 2.45) is 0 Å². The molecular weight excluding hydrogens is 384 g/mol. The van der Waals surface area contributed by atoms with E-state index in [0.29, 0.717) is 44.3 Å². The Morgan fingerprint density at radius 2 is 1.85 bits per heavy atom. The summed E-state index contributed by atoms with van der Waals surface area (Å²) in [5.74, 6) is 0.858. The molecule has 27 heavy (non-hydrogen) atoms. The maximum absolute atomic E-state index is 12.2. The summed E-state index contributed by atoms with van der Waals surface area (Å²) in [5, 5.41) is 0.560. The molecule has 0 bridgehead atoms. The Morgan fingerprint density at radius 3 is 2.44 bits per heavy atom. The number of nitrogens with two attached hydrogens (primary N) is 1. The van der Waals surface area contributed by atoms with Gasteiger partial charge in [0.25, 0.3) is 0 Å². The van der Waals surface area contributed by atoms with Gasteiger partial charge in [0.2, 0.25) is 11.8 Å². The maximum Gasteiger partial charge on any atom is 0.226 e. The molecule has 0 spiro atoms. The highest BCUT2D eigenvalue weighted by atomic mass is 32.2. The Bertz CT molecular complexity index is 786. The highest BCUT2D eigenvalue weighted by Crippen LogP contribution is 2.33. The molecule has 0 atom stereocenters. The number of hydrogen-bond donors (Lipinski definition) is 1. The van der Waals surface area contributed by atoms with Gasteiger partial charge in [-0.15, -0.1) is 0 Å². The van der Waals surface area contributed by atoms with Crippen molar-refractivity contribution >= 4 is 40.0 Å². The highest BCUT2D eigenvalue weighted by molar-refractivity contribution is 8.01. The normalized spacial score (nSPS) is 14.3. The number of carbonyl (C=O) groups excluding carboxylic acids is 2. The minimum Gasteiger partial charge on any atom is -0.493 e. The van der Waals surface area contributed by atoms with Crippen LogP contribution in [0.2, 0.25) is 0 Å². The van der Waals surface area contributed by atoms with E-state index in [0.717, 1.165) is 14.9 Å². The van der Waals surface area contributed by atoms with Gasteiger partial charge in [0.15, 0.2) is 5.13 Å². The van der Waals surface area contributed by atoms with Gasteiger partial charge in [0.05, 0.1) is 23.4 Å². The Kier molecular flexibility index (Phi) is 6.57. The van der Waals surface area contributed by atoms with Crippen LogP contribution in [-0.2, 0) is 9.59 Å². The Balaban J connectivity index is 1.40. The summed E-state index contributed by atoms with van der Waals surface area (Å²) in [5.41, 5.74) is 5.64. The van der Waals surface area contributed by atoms with Crippen molar-refractivity contribution in [2.45, 2.75) is 22.4 Å². The first-order valence-corrected chi connectivity index (χ1v) is 10.3. The first-order chi connectivity index (χ1) is 13.0. The SMILES string of the molecule is CC(=O)N1CCN(C(=O)CCOc2ccc(Sc3cnc(N)s3)cc2)CC1. The van der Waals surface area contributed by atoms with Gasteiger partial charge in [-0.1, -0.05) is 23.1 Å². The molecule has 1 aromatic heterocycles. The van der Waals surface area contributed by atoms with Gasteiger partial charge < -0.3 is 20.3 Å². The molecule has 144 valence electrons. The molecule has 1 aromatic carbocycles. The lowest BCUT2D eigenvalue weighted by Gasteiger charge is -2.34. The summed E-state index contributed by atoms with van der Waals surface area (Å²) in [6.45, 7) is 4.28. The summed E-state index contributed by atoms with van der Waals surface area (Å²) in [6, 6.07) is 7.73. The third-order valence-corrected chi connectivity index (χ3v) is 6.14. The number of rotatable bonds is 6. The number of piperazine rings is 1. The van der Waals surface area contributed by atoms with E-state index in [-0.39, 0.29) is 11.8 Å². The van der Waals surface area contributed by atoms with E-state index in [1.54, 1.807) is 34.7 Å². The van der Waals surface area contributed by atoms with E-state index in [4.69, 9.17) is 10.5 Å². The number of aromatic nitrogens is 1. The molecule has 0 saturated carbocycles. The van der Waals surface area contributed by atoms with Gasteiger partial charge in [-0.05, 0) is 24.3 Å². The Morgan fingerprint density at radius 1 is 1.19 bits per heavy atom. The highest BCUT2D eigenvalue weighted by Gasteiger charge is 2.21. The van der Waals surface area contributed by atoms with Crippen LogP contribution >= 0.6 is 23.1 Å². The van der Waals surface area contributed by atoms with Gasteiger partial charge in [-0.3, -0.25) is 9.59 Å². The van der Waals surface area contributed by atoms with Crippen LogP contribution in [-0.4, -0.2) is 59.4 Å². The molecule has 3 rings (SSSR count). The van der Waals surface area contributed by atoms with Crippen LogP contribution < -0.4 is 10.5 Å². The quantitative estimate of drug-likeness (QED) is 0.792. The monoisotopic (exact) mass is 406 g/mol. The van der Waals surface area contributed by atoms with E-state index in [9.17, 15) is 9.59 Å². The number of amides is 2. The number of thiazole rings is 1. The van der Waals surface area contributed by atoms with E-state index in [2.05, 4.69) is 4.98 Å². The zero-order valence-corrected chi connectivity index (χ0v) is 16.7. The third-order valence-electron chi connectivity index (χ3n) is 4.21. The van der Waals surface area contributed by atoms with Crippen molar-refractivity contribution in [1.82, 2.24) is 14.8 Å². The average molecular weight is 407 g/mol.